The summed E-state index contributed by atoms with van der Waals surface area (Å²) in [4.78, 5) is 21.3. The molecule has 0 saturated heterocycles. The molecule has 0 aromatic rings. The molecule has 1 unspecified atom stereocenters. The first-order valence-electron chi connectivity index (χ1n) is 3.05. The number of nitrogens with zero attached hydrogens (tertiary/aromatic N) is 1. The van der Waals surface area contributed by atoms with Gasteiger partial charge in [-0.3, -0.25) is 20.4 Å². The van der Waals surface area contributed by atoms with Crippen LogP contribution in [0.25, 0.3) is 0 Å². The maximum atomic E-state index is 10.7. The second kappa shape index (κ2) is 5.06. The fourth-order valence-corrected chi connectivity index (χ4v) is 0.542. The quantitative estimate of drug-likeness (QED) is 0.211. The van der Waals surface area contributed by atoms with Crippen LogP contribution in [0.4, 0.5) is 0 Å². The van der Waals surface area contributed by atoms with Crippen molar-refractivity contribution in [1.29, 1.82) is 5.26 Å². The molecule has 0 rings (SSSR count). The number of hydrogen-bond acceptors (Lipinski definition) is 5. The zero-order chi connectivity index (χ0) is 9.56. The number of carbonyl (C=O) groups is 2. The molecule has 0 aliphatic carbocycles. The summed E-state index contributed by atoms with van der Waals surface area (Å²) in [6.45, 7) is 0. The van der Waals surface area contributed by atoms with Crippen molar-refractivity contribution in [3.8, 4) is 6.07 Å². The molecule has 7 nitrogen and oxygen atoms in total. The normalized spacial score (nSPS) is 11.1. The van der Waals surface area contributed by atoms with Crippen LogP contribution in [0.3, 0.4) is 0 Å². The van der Waals surface area contributed by atoms with E-state index in [1.165, 1.54) is 0 Å². The van der Waals surface area contributed by atoms with Crippen molar-refractivity contribution in [2.75, 3.05) is 0 Å². The Morgan fingerprint density at radius 2 is 2.00 bits per heavy atom. The summed E-state index contributed by atoms with van der Waals surface area (Å²) in [6.07, 6.45) is -0.296. The molecule has 6 N–H and O–H groups in total. The molecule has 66 valence electrons. The van der Waals surface area contributed by atoms with Crippen molar-refractivity contribution in [1.82, 2.24) is 10.9 Å². The summed E-state index contributed by atoms with van der Waals surface area (Å²) in [7, 11) is 0. The molecule has 0 fully saturated rings. The Bertz CT molecular complexity index is 220. The standard InChI is InChI=1S/C5H9N5O2/c6-2-3(5(12)10-8)1-4(11)9-7/h3H,1,7-8H2,(H,9,11)(H,10,12). The van der Waals surface area contributed by atoms with Gasteiger partial charge in [0.05, 0.1) is 12.5 Å². The smallest absolute Gasteiger partial charge is 0.251 e. The number of hydrogen-bond donors (Lipinski definition) is 4. The van der Waals surface area contributed by atoms with Gasteiger partial charge in [-0.2, -0.15) is 5.26 Å². The minimum Gasteiger partial charge on any atom is -0.294 e. The van der Waals surface area contributed by atoms with E-state index in [1.807, 2.05) is 0 Å². The zero-order valence-corrected chi connectivity index (χ0v) is 6.20. The van der Waals surface area contributed by atoms with E-state index >= 15 is 0 Å². The Morgan fingerprint density at radius 3 is 2.33 bits per heavy atom. The van der Waals surface area contributed by atoms with Crippen molar-refractivity contribution in [3.63, 3.8) is 0 Å². The van der Waals surface area contributed by atoms with Crippen LogP contribution in [0.1, 0.15) is 6.42 Å². The second-order valence-electron chi connectivity index (χ2n) is 1.96. The summed E-state index contributed by atoms with van der Waals surface area (Å²) in [5, 5.41) is 8.38. The van der Waals surface area contributed by atoms with Gasteiger partial charge in [0.1, 0.15) is 5.92 Å². The molecule has 0 spiro atoms. The lowest BCUT2D eigenvalue weighted by Gasteiger charge is -2.04. The highest BCUT2D eigenvalue weighted by Gasteiger charge is 2.19. The number of amides is 2. The third kappa shape index (κ3) is 2.96. The van der Waals surface area contributed by atoms with Gasteiger partial charge in [0.2, 0.25) is 5.91 Å². The van der Waals surface area contributed by atoms with Gasteiger partial charge >= 0.3 is 0 Å². The molecule has 0 bridgehead atoms. The van der Waals surface area contributed by atoms with Gasteiger partial charge < -0.3 is 0 Å². The lowest BCUT2D eigenvalue weighted by molar-refractivity contribution is -0.128. The molecule has 0 aromatic heterocycles. The maximum Gasteiger partial charge on any atom is 0.251 e. The summed E-state index contributed by atoms with van der Waals surface area (Å²) < 4.78 is 0. The number of rotatable bonds is 3. The van der Waals surface area contributed by atoms with Crippen LogP contribution in [0, 0.1) is 17.2 Å². The molecule has 7 heteroatoms. The summed E-state index contributed by atoms with van der Waals surface area (Å²) >= 11 is 0. The van der Waals surface area contributed by atoms with Crippen molar-refractivity contribution in [2.24, 2.45) is 17.6 Å². The second-order valence-corrected chi connectivity index (χ2v) is 1.96. The molecular weight excluding hydrogens is 162 g/mol. The highest BCUT2D eigenvalue weighted by atomic mass is 16.2. The highest BCUT2D eigenvalue weighted by Crippen LogP contribution is 1.99. The molecule has 0 saturated carbocycles. The molecule has 0 radical (unpaired) electrons. The third-order valence-electron chi connectivity index (χ3n) is 1.17. The van der Waals surface area contributed by atoms with E-state index in [0.29, 0.717) is 0 Å². The average molecular weight is 171 g/mol. The molecule has 2 amide bonds. The fraction of sp³-hybridized carbons (Fsp3) is 0.400. The predicted molar refractivity (Wildman–Crippen MR) is 38.4 cm³/mol. The van der Waals surface area contributed by atoms with Gasteiger partial charge in [-0.1, -0.05) is 0 Å². The van der Waals surface area contributed by atoms with Crippen LogP contribution in [0.15, 0.2) is 0 Å². The van der Waals surface area contributed by atoms with Crippen molar-refractivity contribution in [2.45, 2.75) is 6.42 Å². The zero-order valence-electron chi connectivity index (χ0n) is 6.20. The largest absolute Gasteiger partial charge is 0.294 e. The molecule has 1 atom stereocenters. The number of nitriles is 1. The van der Waals surface area contributed by atoms with Crippen molar-refractivity contribution in [3.05, 3.63) is 0 Å². The van der Waals surface area contributed by atoms with E-state index in [0.717, 1.165) is 0 Å². The average Bonchev–Trinajstić information content (AvgIpc) is 2.12. The molecule has 0 aromatic carbocycles. The minimum absolute atomic E-state index is 0.296. The van der Waals surface area contributed by atoms with E-state index < -0.39 is 17.7 Å². The van der Waals surface area contributed by atoms with E-state index in [4.69, 9.17) is 16.9 Å². The Morgan fingerprint density at radius 1 is 1.42 bits per heavy atom. The molecule has 0 heterocycles. The number of hydrazine groups is 2. The van der Waals surface area contributed by atoms with Gasteiger partial charge in [0.15, 0.2) is 0 Å². The van der Waals surface area contributed by atoms with Gasteiger partial charge in [-0.15, -0.1) is 0 Å². The Balaban J connectivity index is 4.11. The third-order valence-corrected chi connectivity index (χ3v) is 1.17. The van der Waals surface area contributed by atoms with E-state index in [1.54, 1.807) is 16.9 Å². The van der Waals surface area contributed by atoms with Crippen molar-refractivity contribution < 1.29 is 9.59 Å². The SMILES string of the molecule is N#CC(CC(=O)NN)C(=O)NN. The maximum absolute atomic E-state index is 10.7. The lowest BCUT2D eigenvalue weighted by Crippen LogP contribution is -2.39. The number of nitrogens with two attached hydrogens (primary N) is 2. The van der Waals surface area contributed by atoms with Crippen LogP contribution in [0.2, 0.25) is 0 Å². The van der Waals surface area contributed by atoms with Crippen molar-refractivity contribution >= 4 is 11.8 Å². The van der Waals surface area contributed by atoms with Crippen LogP contribution in [-0.2, 0) is 9.59 Å². The molecule has 0 aliphatic rings. The van der Waals surface area contributed by atoms with Gasteiger partial charge in [0.25, 0.3) is 5.91 Å². The minimum atomic E-state index is -1.10. The topological polar surface area (TPSA) is 134 Å². The van der Waals surface area contributed by atoms with Gasteiger partial charge in [-0.05, 0) is 0 Å². The summed E-state index contributed by atoms with van der Waals surface area (Å²) in [5.74, 6) is 7.10. The van der Waals surface area contributed by atoms with Gasteiger partial charge in [-0.25, -0.2) is 11.7 Å². The monoisotopic (exact) mass is 171 g/mol. The first kappa shape index (κ1) is 10.3. The van der Waals surface area contributed by atoms with E-state index in [-0.39, 0.29) is 6.42 Å². The first-order valence-corrected chi connectivity index (χ1v) is 3.05. The summed E-state index contributed by atoms with van der Waals surface area (Å²) in [6, 6.07) is 1.61. The fourth-order valence-electron chi connectivity index (χ4n) is 0.542. The Kier molecular flexibility index (Phi) is 4.36. The van der Waals surface area contributed by atoms with E-state index in [9.17, 15) is 9.59 Å². The molecule has 12 heavy (non-hydrogen) atoms. The molecule has 0 aliphatic heterocycles. The number of nitrogens with one attached hydrogen (secondary N) is 2. The highest BCUT2D eigenvalue weighted by molar-refractivity contribution is 5.87. The van der Waals surface area contributed by atoms with Crippen LogP contribution in [0.5, 0.6) is 0 Å². The van der Waals surface area contributed by atoms with E-state index in [2.05, 4.69) is 0 Å². The Labute approximate surface area is 68.6 Å². The van der Waals surface area contributed by atoms with Crippen LogP contribution < -0.4 is 22.5 Å². The number of carbonyl (C=O) groups excluding carboxylic acids is 2. The first-order chi connectivity index (χ1) is 5.65. The lowest BCUT2D eigenvalue weighted by atomic mass is 10.1. The summed E-state index contributed by atoms with van der Waals surface area (Å²) in [5.41, 5.74) is 3.56. The van der Waals surface area contributed by atoms with Gasteiger partial charge in [0, 0.05) is 0 Å². The Hall–Kier alpha value is -1.65. The predicted octanol–water partition coefficient (Wildman–Crippen LogP) is -2.50. The molecular formula is C5H9N5O2. The van der Waals surface area contributed by atoms with Crippen LogP contribution in [-0.4, -0.2) is 11.8 Å². The van der Waals surface area contributed by atoms with Crippen LogP contribution >= 0.6 is 0 Å².